The summed E-state index contributed by atoms with van der Waals surface area (Å²) >= 11 is 3.11. The SMILES string of the molecule is O=C(Nc1ccc(Br)cc1F)[C@@H]1CC[C@H](C(=O)O)O1. The smallest absolute Gasteiger partial charge is 0.332 e. The van der Waals surface area contributed by atoms with E-state index in [-0.39, 0.29) is 12.1 Å². The van der Waals surface area contributed by atoms with Gasteiger partial charge >= 0.3 is 5.97 Å². The topological polar surface area (TPSA) is 75.6 Å². The van der Waals surface area contributed by atoms with E-state index in [4.69, 9.17) is 9.84 Å². The summed E-state index contributed by atoms with van der Waals surface area (Å²) < 4.78 is 19.2. The van der Waals surface area contributed by atoms with Crippen molar-refractivity contribution in [1.82, 2.24) is 0 Å². The first kappa shape index (κ1) is 14.0. The summed E-state index contributed by atoms with van der Waals surface area (Å²) in [6.07, 6.45) is -1.24. The summed E-state index contributed by atoms with van der Waals surface area (Å²) in [5, 5.41) is 11.1. The van der Waals surface area contributed by atoms with Gasteiger partial charge in [0.25, 0.3) is 5.91 Å². The van der Waals surface area contributed by atoms with Crippen molar-refractivity contribution in [3.63, 3.8) is 0 Å². The number of amides is 1. The second kappa shape index (κ2) is 5.66. The highest BCUT2D eigenvalue weighted by atomic mass is 79.9. The molecule has 1 saturated heterocycles. The summed E-state index contributed by atoms with van der Waals surface area (Å²) in [5.74, 6) is -2.20. The van der Waals surface area contributed by atoms with Crippen molar-refractivity contribution >= 4 is 33.5 Å². The van der Waals surface area contributed by atoms with Crippen molar-refractivity contribution in [2.24, 2.45) is 0 Å². The van der Waals surface area contributed by atoms with E-state index in [2.05, 4.69) is 21.2 Å². The maximum atomic E-state index is 13.5. The largest absolute Gasteiger partial charge is 0.479 e. The van der Waals surface area contributed by atoms with Crippen molar-refractivity contribution in [1.29, 1.82) is 0 Å². The average molecular weight is 332 g/mol. The monoisotopic (exact) mass is 331 g/mol. The molecule has 0 aliphatic carbocycles. The van der Waals surface area contributed by atoms with E-state index in [9.17, 15) is 14.0 Å². The van der Waals surface area contributed by atoms with Gasteiger partial charge in [0.05, 0.1) is 5.69 Å². The number of anilines is 1. The Kier molecular flexibility index (Phi) is 4.16. The van der Waals surface area contributed by atoms with Crippen LogP contribution in [0.3, 0.4) is 0 Å². The van der Waals surface area contributed by atoms with Crippen molar-refractivity contribution in [3.05, 3.63) is 28.5 Å². The van der Waals surface area contributed by atoms with Crippen LogP contribution in [0.5, 0.6) is 0 Å². The molecular weight excluding hydrogens is 321 g/mol. The van der Waals surface area contributed by atoms with E-state index >= 15 is 0 Å². The fourth-order valence-electron chi connectivity index (χ4n) is 1.82. The first-order valence-electron chi connectivity index (χ1n) is 5.61. The minimum Gasteiger partial charge on any atom is -0.479 e. The minimum absolute atomic E-state index is 0.0376. The van der Waals surface area contributed by atoms with Crippen LogP contribution >= 0.6 is 15.9 Å². The number of nitrogens with one attached hydrogen (secondary N) is 1. The van der Waals surface area contributed by atoms with E-state index in [1.54, 1.807) is 6.07 Å². The van der Waals surface area contributed by atoms with Gasteiger partial charge in [-0.05, 0) is 31.0 Å². The number of carboxylic acids is 1. The molecule has 1 aromatic rings. The summed E-state index contributed by atoms with van der Waals surface area (Å²) in [6.45, 7) is 0. The number of hydrogen-bond donors (Lipinski definition) is 2. The fourth-order valence-corrected chi connectivity index (χ4v) is 2.15. The lowest BCUT2D eigenvalue weighted by Crippen LogP contribution is -2.30. The minimum atomic E-state index is -1.09. The van der Waals surface area contributed by atoms with E-state index in [1.807, 2.05) is 0 Å². The van der Waals surface area contributed by atoms with E-state index in [1.165, 1.54) is 12.1 Å². The molecule has 1 aromatic carbocycles. The third-order valence-electron chi connectivity index (χ3n) is 2.78. The predicted octanol–water partition coefficient (Wildman–Crippen LogP) is 2.16. The third kappa shape index (κ3) is 3.30. The Labute approximate surface area is 116 Å². The Morgan fingerprint density at radius 1 is 1.37 bits per heavy atom. The lowest BCUT2D eigenvalue weighted by atomic mass is 10.2. The number of carboxylic acid groups (broad SMARTS) is 1. The molecule has 0 aromatic heterocycles. The molecule has 0 spiro atoms. The van der Waals surface area contributed by atoms with Crippen LogP contribution in [0, 0.1) is 5.82 Å². The van der Waals surface area contributed by atoms with Gasteiger partial charge in [0, 0.05) is 4.47 Å². The second-order valence-corrected chi connectivity index (χ2v) is 5.06. The number of carbonyl (C=O) groups excluding carboxylic acids is 1. The number of ether oxygens (including phenoxy) is 1. The van der Waals surface area contributed by atoms with Gasteiger partial charge in [-0.15, -0.1) is 0 Å². The predicted molar refractivity (Wildman–Crippen MR) is 68.3 cm³/mol. The molecule has 0 saturated carbocycles. The normalized spacial score (nSPS) is 22.2. The van der Waals surface area contributed by atoms with Gasteiger partial charge < -0.3 is 15.2 Å². The molecule has 2 N–H and O–H groups in total. The van der Waals surface area contributed by atoms with Crippen molar-refractivity contribution in [2.75, 3.05) is 5.32 Å². The molecule has 1 aliphatic rings. The van der Waals surface area contributed by atoms with Crippen molar-refractivity contribution in [3.8, 4) is 0 Å². The van der Waals surface area contributed by atoms with Gasteiger partial charge in [0.2, 0.25) is 0 Å². The molecule has 102 valence electrons. The van der Waals surface area contributed by atoms with Crippen LogP contribution in [0.25, 0.3) is 0 Å². The Balaban J connectivity index is 2.00. The van der Waals surface area contributed by atoms with Gasteiger partial charge in [-0.2, -0.15) is 0 Å². The number of halogens is 2. The van der Waals surface area contributed by atoms with E-state index in [0.29, 0.717) is 10.9 Å². The first-order valence-corrected chi connectivity index (χ1v) is 6.41. The van der Waals surface area contributed by atoms with Crippen LogP contribution < -0.4 is 5.32 Å². The number of benzene rings is 1. The van der Waals surface area contributed by atoms with Crippen LogP contribution in [0.1, 0.15) is 12.8 Å². The molecule has 5 nitrogen and oxygen atoms in total. The molecule has 1 amide bonds. The van der Waals surface area contributed by atoms with Crippen LogP contribution in [-0.2, 0) is 14.3 Å². The summed E-state index contributed by atoms with van der Waals surface area (Å²) in [7, 11) is 0. The van der Waals surface area contributed by atoms with Gasteiger partial charge in [0.15, 0.2) is 6.10 Å². The maximum Gasteiger partial charge on any atom is 0.332 e. The van der Waals surface area contributed by atoms with Gasteiger partial charge in [-0.25, -0.2) is 9.18 Å². The number of carbonyl (C=O) groups is 2. The standard InChI is InChI=1S/C12H11BrFNO4/c13-6-1-2-8(7(14)5-6)15-11(16)9-3-4-10(19-9)12(17)18/h1-2,5,9-10H,3-4H2,(H,15,16)(H,17,18)/t9-,10+/m0/s1. The van der Waals surface area contributed by atoms with Gasteiger partial charge in [-0.1, -0.05) is 15.9 Å². The Morgan fingerprint density at radius 3 is 2.63 bits per heavy atom. The number of hydrogen-bond acceptors (Lipinski definition) is 3. The molecule has 19 heavy (non-hydrogen) atoms. The van der Waals surface area contributed by atoms with Gasteiger partial charge in [-0.3, -0.25) is 4.79 Å². The van der Waals surface area contributed by atoms with Gasteiger partial charge in [0.1, 0.15) is 11.9 Å². The molecule has 7 heteroatoms. The quantitative estimate of drug-likeness (QED) is 0.889. The zero-order valence-electron chi connectivity index (χ0n) is 9.73. The highest BCUT2D eigenvalue weighted by Crippen LogP contribution is 2.23. The molecule has 0 bridgehead atoms. The molecule has 0 radical (unpaired) electrons. The van der Waals surface area contributed by atoms with Crippen LogP contribution in [0.4, 0.5) is 10.1 Å². The van der Waals surface area contributed by atoms with Crippen LogP contribution in [0.15, 0.2) is 22.7 Å². The van der Waals surface area contributed by atoms with Crippen molar-refractivity contribution in [2.45, 2.75) is 25.0 Å². The molecule has 2 rings (SSSR count). The van der Waals surface area contributed by atoms with Crippen LogP contribution in [-0.4, -0.2) is 29.2 Å². The molecule has 1 aliphatic heterocycles. The second-order valence-electron chi connectivity index (χ2n) is 4.14. The van der Waals surface area contributed by atoms with Crippen molar-refractivity contribution < 1.29 is 23.8 Å². The summed E-state index contributed by atoms with van der Waals surface area (Å²) in [6, 6.07) is 4.24. The highest BCUT2D eigenvalue weighted by Gasteiger charge is 2.34. The average Bonchev–Trinajstić information content (AvgIpc) is 2.82. The molecule has 0 unspecified atom stereocenters. The third-order valence-corrected chi connectivity index (χ3v) is 3.27. The van der Waals surface area contributed by atoms with E-state index < -0.39 is 29.9 Å². The molecular formula is C12H11BrFNO4. The Hall–Kier alpha value is -1.47. The van der Waals surface area contributed by atoms with E-state index in [0.717, 1.165) is 0 Å². The Bertz CT molecular complexity index is 522. The molecule has 1 heterocycles. The number of aliphatic carboxylic acids is 1. The molecule has 2 atom stereocenters. The lowest BCUT2D eigenvalue weighted by Gasteiger charge is -2.12. The number of rotatable bonds is 3. The maximum absolute atomic E-state index is 13.5. The zero-order chi connectivity index (χ0) is 14.0. The lowest BCUT2D eigenvalue weighted by molar-refractivity contribution is -0.150. The fraction of sp³-hybridized carbons (Fsp3) is 0.333. The molecule has 1 fully saturated rings. The summed E-state index contributed by atoms with van der Waals surface area (Å²) in [5.41, 5.74) is 0.0376. The first-order chi connectivity index (χ1) is 8.97. The highest BCUT2D eigenvalue weighted by molar-refractivity contribution is 9.10. The zero-order valence-corrected chi connectivity index (χ0v) is 11.3. The Morgan fingerprint density at radius 2 is 2.05 bits per heavy atom. The van der Waals surface area contributed by atoms with Crippen LogP contribution in [0.2, 0.25) is 0 Å². The summed E-state index contributed by atoms with van der Waals surface area (Å²) in [4.78, 5) is 22.5.